The fourth-order valence-corrected chi connectivity index (χ4v) is 3.39. The van der Waals surface area contributed by atoms with E-state index in [1.54, 1.807) is 12.4 Å². The first-order valence-corrected chi connectivity index (χ1v) is 8.83. The van der Waals surface area contributed by atoms with E-state index in [-0.39, 0.29) is 0 Å². The first-order valence-electron chi connectivity index (χ1n) is 8.83. The molecule has 27 heavy (non-hydrogen) atoms. The van der Waals surface area contributed by atoms with E-state index < -0.39 is 5.97 Å². The average molecular weight is 354 g/mol. The zero-order valence-electron chi connectivity index (χ0n) is 14.7. The molecular formula is C23H18N2O2. The largest absolute Gasteiger partial charge is 0.478 e. The van der Waals surface area contributed by atoms with Crippen molar-refractivity contribution in [2.45, 2.75) is 12.8 Å². The third-order valence-corrected chi connectivity index (χ3v) is 4.67. The minimum atomic E-state index is -0.921. The molecular weight excluding hydrogens is 336 g/mol. The molecule has 0 spiro atoms. The lowest BCUT2D eigenvalue weighted by Crippen LogP contribution is -2.09. The highest BCUT2D eigenvalue weighted by Gasteiger charge is 2.20. The smallest absolute Gasteiger partial charge is 0.336 e. The van der Waals surface area contributed by atoms with Crippen molar-refractivity contribution in [3.8, 4) is 11.3 Å². The average Bonchev–Trinajstić information content (AvgIpc) is 2.72. The number of carbonyl (C=O) groups is 1. The van der Waals surface area contributed by atoms with E-state index in [0.717, 1.165) is 28.8 Å². The Morgan fingerprint density at radius 1 is 0.852 bits per heavy atom. The molecule has 0 aliphatic heterocycles. The number of fused-ring (bicyclic) bond motifs is 1. The fraction of sp³-hybridized carbons (Fsp3) is 0.0870. The van der Waals surface area contributed by atoms with Crippen LogP contribution in [0.5, 0.6) is 0 Å². The maximum atomic E-state index is 12.2. The second-order valence-electron chi connectivity index (χ2n) is 6.36. The molecule has 0 bridgehead atoms. The van der Waals surface area contributed by atoms with Crippen molar-refractivity contribution in [3.05, 3.63) is 95.8 Å². The van der Waals surface area contributed by atoms with Crippen molar-refractivity contribution in [1.29, 1.82) is 0 Å². The van der Waals surface area contributed by atoms with E-state index in [1.165, 1.54) is 0 Å². The summed E-state index contributed by atoms with van der Waals surface area (Å²) in [6.07, 6.45) is 4.82. The highest BCUT2D eigenvalue weighted by molar-refractivity contribution is 6.05. The van der Waals surface area contributed by atoms with Gasteiger partial charge in [-0.3, -0.25) is 4.98 Å². The standard InChI is InChI=1S/C23H18N2O2/c26-23(27)21-18-8-4-5-9-20(18)25-22(17-6-2-1-3-7-17)19(21)11-10-16-12-14-24-15-13-16/h1-9,12-15H,10-11H2,(H,26,27). The van der Waals surface area contributed by atoms with Crippen molar-refractivity contribution < 1.29 is 9.90 Å². The summed E-state index contributed by atoms with van der Waals surface area (Å²) >= 11 is 0. The molecule has 0 atom stereocenters. The van der Waals surface area contributed by atoms with E-state index in [1.807, 2.05) is 66.7 Å². The van der Waals surface area contributed by atoms with Gasteiger partial charge in [0.05, 0.1) is 16.8 Å². The second-order valence-corrected chi connectivity index (χ2v) is 6.36. The van der Waals surface area contributed by atoms with Crippen LogP contribution in [0.15, 0.2) is 79.1 Å². The van der Waals surface area contributed by atoms with Gasteiger partial charge in [-0.25, -0.2) is 9.78 Å². The summed E-state index contributed by atoms with van der Waals surface area (Å²) < 4.78 is 0. The number of rotatable bonds is 5. The number of carboxylic acid groups (broad SMARTS) is 1. The predicted octanol–water partition coefficient (Wildman–Crippen LogP) is 4.78. The lowest BCUT2D eigenvalue weighted by Gasteiger charge is -2.15. The van der Waals surface area contributed by atoms with Crippen LogP contribution in [0.2, 0.25) is 0 Å². The number of aromatic carboxylic acids is 1. The summed E-state index contributed by atoms with van der Waals surface area (Å²) in [5, 5.41) is 10.7. The Morgan fingerprint density at radius 3 is 2.30 bits per heavy atom. The van der Waals surface area contributed by atoms with Crippen LogP contribution in [0.1, 0.15) is 21.5 Å². The van der Waals surface area contributed by atoms with Crippen molar-refractivity contribution in [1.82, 2.24) is 9.97 Å². The minimum absolute atomic E-state index is 0.341. The van der Waals surface area contributed by atoms with Crippen molar-refractivity contribution in [2.75, 3.05) is 0 Å². The summed E-state index contributed by atoms with van der Waals surface area (Å²) in [4.78, 5) is 21.1. The molecule has 4 aromatic rings. The predicted molar refractivity (Wildman–Crippen MR) is 106 cm³/mol. The highest BCUT2D eigenvalue weighted by atomic mass is 16.4. The van der Waals surface area contributed by atoms with E-state index >= 15 is 0 Å². The number of pyridine rings is 2. The quantitative estimate of drug-likeness (QED) is 0.560. The molecule has 0 radical (unpaired) electrons. The van der Waals surface area contributed by atoms with Crippen LogP contribution in [-0.4, -0.2) is 21.0 Å². The molecule has 0 fully saturated rings. The first-order chi connectivity index (χ1) is 13.2. The molecule has 0 aliphatic rings. The Bertz CT molecular complexity index is 1090. The van der Waals surface area contributed by atoms with Crippen LogP contribution in [0.4, 0.5) is 0 Å². The van der Waals surface area contributed by atoms with Crippen LogP contribution < -0.4 is 0 Å². The minimum Gasteiger partial charge on any atom is -0.478 e. The molecule has 4 heteroatoms. The van der Waals surface area contributed by atoms with Crippen molar-refractivity contribution >= 4 is 16.9 Å². The summed E-state index contributed by atoms with van der Waals surface area (Å²) in [5.41, 5.74) is 4.59. The Kier molecular flexibility index (Phi) is 4.62. The van der Waals surface area contributed by atoms with Gasteiger partial charge in [0.15, 0.2) is 0 Å². The Balaban J connectivity index is 1.92. The van der Waals surface area contributed by atoms with Gasteiger partial charge in [-0.1, -0.05) is 48.5 Å². The molecule has 132 valence electrons. The molecule has 2 aromatic heterocycles. The molecule has 1 N–H and O–H groups in total. The zero-order chi connectivity index (χ0) is 18.6. The van der Waals surface area contributed by atoms with Crippen molar-refractivity contribution in [2.24, 2.45) is 0 Å². The molecule has 0 saturated carbocycles. The maximum Gasteiger partial charge on any atom is 0.336 e. The van der Waals surface area contributed by atoms with E-state index in [0.29, 0.717) is 22.9 Å². The Hall–Kier alpha value is -3.53. The third kappa shape index (κ3) is 3.42. The number of para-hydroxylation sites is 1. The highest BCUT2D eigenvalue weighted by Crippen LogP contribution is 2.31. The topological polar surface area (TPSA) is 63.1 Å². The molecule has 2 heterocycles. The number of hydrogen-bond acceptors (Lipinski definition) is 3. The summed E-state index contributed by atoms with van der Waals surface area (Å²) in [6, 6.07) is 21.1. The van der Waals surface area contributed by atoms with E-state index in [4.69, 9.17) is 4.98 Å². The number of aromatic nitrogens is 2. The molecule has 0 amide bonds. The summed E-state index contributed by atoms with van der Waals surface area (Å²) in [6.45, 7) is 0. The van der Waals surface area contributed by atoms with Crippen LogP contribution in [0.25, 0.3) is 22.2 Å². The van der Waals surface area contributed by atoms with Gasteiger partial charge in [-0.05, 0) is 42.2 Å². The first kappa shape index (κ1) is 16.9. The molecule has 4 nitrogen and oxygen atoms in total. The molecule has 2 aromatic carbocycles. The number of hydrogen-bond donors (Lipinski definition) is 1. The molecule has 0 aliphatic carbocycles. The lowest BCUT2D eigenvalue weighted by molar-refractivity contribution is 0.0698. The van der Waals surface area contributed by atoms with Crippen LogP contribution in [0, 0.1) is 0 Å². The second kappa shape index (κ2) is 7.38. The third-order valence-electron chi connectivity index (χ3n) is 4.67. The van der Waals surface area contributed by atoms with Gasteiger partial charge in [0.1, 0.15) is 0 Å². The number of nitrogens with zero attached hydrogens (tertiary/aromatic N) is 2. The van der Waals surface area contributed by atoms with Gasteiger partial charge in [0.2, 0.25) is 0 Å². The SMILES string of the molecule is O=C(O)c1c(CCc2ccncc2)c(-c2ccccc2)nc2ccccc12. The van der Waals surface area contributed by atoms with Crippen molar-refractivity contribution in [3.63, 3.8) is 0 Å². The van der Waals surface area contributed by atoms with Gasteiger partial charge in [-0.15, -0.1) is 0 Å². The van der Waals surface area contributed by atoms with Gasteiger partial charge in [0, 0.05) is 23.3 Å². The summed E-state index contributed by atoms with van der Waals surface area (Å²) in [7, 11) is 0. The van der Waals surface area contributed by atoms with Gasteiger partial charge >= 0.3 is 5.97 Å². The summed E-state index contributed by atoms with van der Waals surface area (Å²) in [5.74, 6) is -0.921. The van der Waals surface area contributed by atoms with Crippen LogP contribution in [0.3, 0.4) is 0 Å². The van der Waals surface area contributed by atoms with Gasteiger partial charge in [-0.2, -0.15) is 0 Å². The number of aryl methyl sites for hydroxylation is 1. The zero-order valence-corrected chi connectivity index (χ0v) is 14.7. The Morgan fingerprint density at radius 2 is 1.56 bits per heavy atom. The van der Waals surface area contributed by atoms with E-state index in [9.17, 15) is 9.90 Å². The maximum absolute atomic E-state index is 12.2. The molecule has 0 unspecified atom stereocenters. The molecule has 4 rings (SSSR count). The number of benzene rings is 2. The number of carboxylic acids is 1. The van der Waals surface area contributed by atoms with Gasteiger partial charge < -0.3 is 5.11 Å². The molecule has 0 saturated heterocycles. The Labute approximate surface area is 157 Å². The van der Waals surface area contributed by atoms with Crippen LogP contribution >= 0.6 is 0 Å². The lowest BCUT2D eigenvalue weighted by atomic mass is 9.92. The fourth-order valence-electron chi connectivity index (χ4n) is 3.39. The van der Waals surface area contributed by atoms with Crippen LogP contribution in [-0.2, 0) is 12.8 Å². The monoisotopic (exact) mass is 354 g/mol. The normalized spacial score (nSPS) is 10.8. The van der Waals surface area contributed by atoms with E-state index in [2.05, 4.69) is 4.98 Å². The van der Waals surface area contributed by atoms with Gasteiger partial charge in [0.25, 0.3) is 0 Å².